The van der Waals surface area contributed by atoms with Gasteiger partial charge in [-0.1, -0.05) is 44.0 Å². The lowest BCUT2D eigenvalue weighted by molar-refractivity contribution is 0.0195. The maximum atomic E-state index is 12.1. The van der Waals surface area contributed by atoms with Crippen LogP contribution in [0.3, 0.4) is 0 Å². The van der Waals surface area contributed by atoms with Crippen molar-refractivity contribution < 1.29 is 9.53 Å². The quantitative estimate of drug-likeness (QED) is 0.592. The Labute approximate surface area is 115 Å². The van der Waals surface area contributed by atoms with Crippen LogP contribution >= 0.6 is 0 Å². The Morgan fingerprint density at radius 3 is 2.42 bits per heavy atom. The van der Waals surface area contributed by atoms with E-state index in [9.17, 15) is 4.79 Å². The van der Waals surface area contributed by atoms with E-state index in [1.807, 2.05) is 25.1 Å². The van der Waals surface area contributed by atoms with Gasteiger partial charge in [-0.05, 0) is 43.4 Å². The van der Waals surface area contributed by atoms with Crippen molar-refractivity contribution in [2.24, 2.45) is 5.92 Å². The number of hydrogen-bond donors (Lipinski definition) is 0. The molecule has 2 rings (SSSR count). The van der Waals surface area contributed by atoms with Gasteiger partial charge in [0.05, 0.1) is 5.56 Å². The number of esters is 1. The van der Waals surface area contributed by atoms with Crippen LogP contribution in [0, 0.1) is 5.92 Å². The van der Waals surface area contributed by atoms with Gasteiger partial charge in [-0.3, -0.25) is 0 Å². The SMILES string of the molecule is C=C(C)C(OC(=O)c1ccccc1)C1CCCCC1. The van der Waals surface area contributed by atoms with E-state index in [0.29, 0.717) is 11.5 Å². The van der Waals surface area contributed by atoms with Gasteiger partial charge in [0, 0.05) is 0 Å². The molecular formula is C17H22O2. The van der Waals surface area contributed by atoms with E-state index in [4.69, 9.17) is 4.74 Å². The molecule has 1 saturated carbocycles. The van der Waals surface area contributed by atoms with Gasteiger partial charge in [0.2, 0.25) is 0 Å². The van der Waals surface area contributed by atoms with E-state index in [1.165, 1.54) is 19.3 Å². The molecule has 0 radical (unpaired) electrons. The second-order valence-electron chi connectivity index (χ2n) is 5.44. The second-order valence-corrected chi connectivity index (χ2v) is 5.44. The van der Waals surface area contributed by atoms with Crippen molar-refractivity contribution in [1.29, 1.82) is 0 Å². The predicted octanol–water partition coefficient (Wildman–Crippen LogP) is 4.37. The predicted molar refractivity (Wildman–Crippen MR) is 77.0 cm³/mol. The van der Waals surface area contributed by atoms with Crippen LogP contribution in [0.15, 0.2) is 42.5 Å². The molecule has 2 nitrogen and oxygen atoms in total. The van der Waals surface area contributed by atoms with Gasteiger partial charge in [-0.2, -0.15) is 0 Å². The Kier molecular flexibility index (Phi) is 4.78. The van der Waals surface area contributed by atoms with Crippen LogP contribution < -0.4 is 0 Å². The number of ether oxygens (including phenoxy) is 1. The lowest BCUT2D eigenvalue weighted by Crippen LogP contribution is -2.29. The highest BCUT2D eigenvalue weighted by Crippen LogP contribution is 2.31. The molecule has 0 saturated heterocycles. The number of carbonyl (C=O) groups is 1. The molecule has 0 spiro atoms. The topological polar surface area (TPSA) is 26.3 Å². The van der Waals surface area contributed by atoms with Gasteiger partial charge in [0.25, 0.3) is 0 Å². The van der Waals surface area contributed by atoms with E-state index >= 15 is 0 Å². The molecular weight excluding hydrogens is 236 g/mol. The molecule has 1 unspecified atom stereocenters. The van der Waals surface area contributed by atoms with Crippen molar-refractivity contribution in [2.45, 2.75) is 45.1 Å². The van der Waals surface area contributed by atoms with Crippen molar-refractivity contribution in [3.63, 3.8) is 0 Å². The molecule has 1 aliphatic carbocycles. The Balaban J connectivity index is 2.04. The summed E-state index contributed by atoms with van der Waals surface area (Å²) in [4.78, 5) is 12.1. The zero-order chi connectivity index (χ0) is 13.7. The summed E-state index contributed by atoms with van der Waals surface area (Å²) < 4.78 is 5.70. The monoisotopic (exact) mass is 258 g/mol. The first-order valence-corrected chi connectivity index (χ1v) is 7.10. The highest BCUT2D eigenvalue weighted by atomic mass is 16.5. The Bertz CT molecular complexity index is 430. The number of benzene rings is 1. The highest BCUT2D eigenvalue weighted by molar-refractivity contribution is 5.89. The van der Waals surface area contributed by atoms with Gasteiger partial charge in [-0.15, -0.1) is 0 Å². The molecule has 0 N–H and O–H groups in total. The minimum absolute atomic E-state index is 0.131. The maximum Gasteiger partial charge on any atom is 0.338 e. The van der Waals surface area contributed by atoms with Crippen molar-refractivity contribution >= 4 is 5.97 Å². The van der Waals surface area contributed by atoms with Gasteiger partial charge in [-0.25, -0.2) is 4.79 Å². The summed E-state index contributed by atoms with van der Waals surface area (Å²) >= 11 is 0. The second kappa shape index (κ2) is 6.55. The van der Waals surface area contributed by atoms with E-state index in [2.05, 4.69) is 6.58 Å². The summed E-state index contributed by atoms with van der Waals surface area (Å²) in [5.74, 6) is 0.207. The third-order valence-corrected chi connectivity index (χ3v) is 3.81. The lowest BCUT2D eigenvalue weighted by atomic mass is 9.83. The summed E-state index contributed by atoms with van der Waals surface area (Å²) in [5, 5.41) is 0. The molecule has 0 heterocycles. The average molecular weight is 258 g/mol. The van der Waals surface area contributed by atoms with Crippen LogP contribution in [0.4, 0.5) is 0 Å². The van der Waals surface area contributed by atoms with Crippen molar-refractivity contribution in [1.82, 2.24) is 0 Å². The molecule has 19 heavy (non-hydrogen) atoms. The van der Waals surface area contributed by atoms with E-state index in [-0.39, 0.29) is 12.1 Å². The molecule has 1 aromatic rings. The van der Waals surface area contributed by atoms with E-state index < -0.39 is 0 Å². The molecule has 1 aliphatic rings. The number of hydrogen-bond acceptors (Lipinski definition) is 2. The third-order valence-electron chi connectivity index (χ3n) is 3.81. The zero-order valence-electron chi connectivity index (χ0n) is 11.6. The van der Waals surface area contributed by atoms with E-state index in [0.717, 1.165) is 18.4 Å². The molecule has 2 heteroatoms. The smallest absolute Gasteiger partial charge is 0.338 e. The highest BCUT2D eigenvalue weighted by Gasteiger charge is 2.27. The minimum atomic E-state index is -0.237. The molecule has 1 atom stereocenters. The summed E-state index contributed by atoms with van der Waals surface area (Å²) in [6.45, 7) is 5.96. The van der Waals surface area contributed by atoms with Crippen LogP contribution in [0.2, 0.25) is 0 Å². The van der Waals surface area contributed by atoms with Gasteiger partial charge in [0.15, 0.2) is 0 Å². The van der Waals surface area contributed by atoms with Gasteiger partial charge >= 0.3 is 5.97 Å². The number of rotatable bonds is 4. The summed E-state index contributed by atoms with van der Waals surface area (Å²) in [5.41, 5.74) is 1.57. The Morgan fingerprint density at radius 2 is 1.84 bits per heavy atom. The van der Waals surface area contributed by atoms with Crippen molar-refractivity contribution in [3.05, 3.63) is 48.0 Å². The average Bonchev–Trinajstić information content (AvgIpc) is 2.46. The minimum Gasteiger partial charge on any atom is -0.454 e. The zero-order valence-corrected chi connectivity index (χ0v) is 11.6. The van der Waals surface area contributed by atoms with Crippen LogP contribution in [0.5, 0.6) is 0 Å². The van der Waals surface area contributed by atoms with Crippen LogP contribution in [-0.2, 0) is 4.74 Å². The molecule has 0 bridgehead atoms. The Hall–Kier alpha value is -1.57. The summed E-state index contributed by atoms with van der Waals surface area (Å²) in [6.07, 6.45) is 5.91. The fraction of sp³-hybridized carbons (Fsp3) is 0.471. The first kappa shape index (κ1) is 13.9. The maximum absolute atomic E-state index is 12.1. The van der Waals surface area contributed by atoms with Crippen molar-refractivity contribution in [2.75, 3.05) is 0 Å². The van der Waals surface area contributed by atoms with Crippen LogP contribution in [0.1, 0.15) is 49.4 Å². The largest absolute Gasteiger partial charge is 0.454 e. The fourth-order valence-electron chi connectivity index (χ4n) is 2.79. The molecule has 0 aromatic heterocycles. The summed E-state index contributed by atoms with van der Waals surface area (Å²) in [6, 6.07) is 9.19. The van der Waals surface area contributed by atoms with Crippen LogP contribution in [0.25, 0.3) is 0 Å². The van der Waals surface area contributed by atoms with Crippen molar-refractivity contribution in [3.8, 4) is 0 Å². The normalized spacial score (nSPS) is 17.7. The first-order valence-electron chi connectivity index (χ1n) is 7.10. The molecule has 0 aliphatic heterocycles. The summed E-state index contributed by atoms with van der Waals surface area (Å²) in [7, 11) is 0. The molecule has 1 aromatic carbocycles. The molecule has 1 fully saturated rings. The third kappa shape index (κ3) is 3.69. The van der Waals surface area contributed by atoms with E-state index in [1.54, 1.807) is 12.1 Å². The lowest BCUT2D eigenvalue weighted by Gasteiger charge is -2.30. The fourth-order valence-corrected chi connectivity index (χ4v) is 2.79. The Morgan fingerprint density at radius 1 is 1.21 bits per heavy atom. The molecule has 0 amide bonds. The van der Waals surface area contributed by atoms with Crippen LogP contribution in [-0.4, -0.2) is 12.1 Å². The first-order chi connectivity index (χ1) is 9.18. The number of carbonyl (C=O) groups excluding carboxylic acids is 1. The standard InChI is InChI=1S/C17H22O2/c1-13(2)16(14-9-5-3-6-10-14)19-17(18)15-11-7-4-8-12-15/h4,7-8,11-12,14,16H,1,3,5-6,9-10H2,2H3. The van der Waals surface area contributed by atoms with Gasteiger partial charge in [0.1, 0.15) is 6.10 Å². The van der Waals surface area contributed by atoms with Gasteiger partial charge < -0.3 is 4.74 Å². The molecule has 102 valence electrons.